The van der Waals surface area contributed by atoms with Crippen LogP contribution < -0.4 is 14.8 Å². The summed E-state index contributed by atoms with van der Waals surface area (Å²) in [5.41, 5.74) is 2.74. The van der Waals surface area contributed by atoms with E-state index in [1.54, 1.807) is 6.07 Å². The van der Waals surface area contributed by atoms with Gasteiger partial charge in [-0.3, -0.25) is 10.1 Å². The standard InChI is InChI=1S/C23H21N5O4S/c1-14-7-9-15(10-8-14)16-11-21(32-27-16)24-20(29)13-33-23-26-25-22(28(23)2)19-12-30-17-5-3-4-6-18(17)31-19/h3-11,19H,12-13H2,1-2H3,(H,24,29)/t19-/m1/s1. The molecule has 2 aromatic heterocycles. The Morgan fingerprint density at radius 1 is 1.15 bits per heavy atom. The van der Waals surface area contributed by atoms with Gasteiger partial charge in [0.1, 0.15) is 12.3 Å². The lowest BCUT2D eigenvalue weighted by atomic mass is 10.1. The van der Waals surface area contributed by atoms with Crippen LogP contribution in [0.4, 0.5) is 5.88 Å². The highest BCUT2D eigenvalue weighted by atomic mass is 32.2. The molecular weight excluding hydrogens is 442 g/mol. The van der Waals surface area contributed by atoms with Crippen LogP contribution in [0, 0.1) is 6.92 Å². The molecule has 10 heteroatoms. The first kappa shape index (κ1) is 21.1. The fourth-order valence-electron chi connectivity index (χ4n) is 3.38. The Kier molecular flexibility index (Phi) is 5.74. The maximum absolute atomic E-state index is 12.4. The van der Waals surface area contributed by atoms with E-state index in [1.165, 1.54) is 11.8 Å². The summed E-state index contributed by atoms with van der Waals surface area (Å²) in [6, 6.07) is 17.1. The van der Waals surface area contributed by atoms with E-state index in [2.05, 4.69) is 20.7 Å². The molecular formula is C23H21N5O4S. The molecule has 5 rings (SSSR count). The van der Waals surface area contributed by atoms with Crippen molar-refractivity contribution < 1.29 is 18.8 Å². The van der Waals surface area contributed by atoms with Gasteiger partial charge < -0.3 is 18.6 Å². The van der Waals surface area contributed by atoms with Crippen LogP contribution in [0.25, 0.3) is 11.3 Å². The van der Waals surface area contributed by atoms with E-state index in [0.717, 1.165) is 11.1 Å². The van der Waals surface area contributed by atoms with Gasteiger partial charge in [0, 0.05) is 18.7 Å². The summed E-state index contributed by atoms with van der Waals surface area (Å²) in [6.45, 7) is 2.36. The highest BCUT2D eigenvalue weighted by Crippen LogP contribution is 2.35. The van der Waals surface area contributed by atoms with E-state index in [0.29, 0.717) is 40.7 Å². The SMILES string of the molecule is Cc1ccc(-c2cc(NC(=O)CSc3nnc([C@H]4COc5ccccc5O4)n3C)on2)cc1. The minimum Gasteiger partial charge on any atom is -0.485 e. The molecule has 1 aliphatic rings. The number of para-hydroxylation sites is 2. The molecule has 0 radical (unpaired) electrons. The number of amides is 1. The zero-order chi connectivity index (χ0) is 22.8. The monoisotopic (exact) mass is 463 g/mol. The summed E-state index contributed by atoms with van der Waals surface area (Å²) >= 11 is 1.27. The van der Waals surface area contributed by atoms with Crippen LogP contribution in [-0.4, -0.2) is 38.2 Å². The number of carbonyl (C=O) groups excluding carboxylic acids is 1. The first-order valence-corrected chi connectivity index (χ1v) is 11.3. The minimum atomic E-state index is -0.380. The van der Waals surface area contributed by atoms with Crippen LogP contribution in [0.15, 0.2) is 64.3 Å². The molecule has 0 unspecified atom stereocenters. The van der Waals surface area contributed by atoms with Crippen molar-refractivity contribution in [1.29, 1.82) is 0 Å². The lowest BCUT2D eigenvalue weighted by Gasteiger charge is -2.25. The summed E-state index contributed by atoms with van der Waals surface area (Å²) in [6.07, 6.45) is -0.380. The normalized spacial score (nSPS) is 14.8. The van der Waals surface area contributed by atoms with Crippen molar-refractivity contribution in [2.45, 2.75) is 18.2 Å². The molecule has 0 spiro atoms. The van der Waals surface area contributed by atoms with Crippen molar-refractivity contribution in [3.05, 3.63) is 66.0 Å². The van der Waals surface area contributed by atoms with Crippen LogP contribution in [0.1, 0.15) is 17.5 Å². The number of aromatic nitrogens is 4. The molecule has 1 amide bonds. The molecule has 0 aliphatic carbocycles. The predicted molar refractivity (Wildman–Crippen MR) is 122 cm³/mol. The number of nitrogens with zero attached hydrogens (tertiary/aromatic N) is 4. The Bertz CT molecular complexity index is 1280. The van der Waals surface area contributed by atoms with E-state index in [1.807, 2.05) is 67.1 Å². The van der Waals surface area contributed by atoms with E-state index in [-0.39, 0.29) is 17.8 Å². The van der Waals surface area contributed by atoms with Crippen molar-refractivity contribution in [3.63, 3.8) is 0 Å². The Labute approximate surface area is 194 Å². The van der Waals surface area contributed by atoms with E-state index in [4.69, 9.17) is 14.0 Å². The molecule has 3 heterocycles. The smallest absolute Gasteiger partial charge is 0.237 e. The molecule has 4 aromatic rings. The zero-order valence-corrected chi connectivity index (χ0v) is 18.8. The first-order valence-electron chi connectivity index (χ1n) is 10.3. The second-order valence-corrected chi connectivity index (χ2v) is 8.49. The lowest BCUT2D eigenvalue weighted by Crippen LogP contribution is -2.24. The van der Waals surface area contributed by atoms with Gasteiger partial charge >= 0.3 is 0 Å². The quantitative estimate of drug-likeness (QED) is 0.428. The summed E-state index contributed by atoms with van der Waals surface area (Å²) in [4.78, 5) is 12.4. The fraction of sp³-hybridized carbons (Fsp3) is 0.217. The van der Waals surface area contributed by atoms with Crippen molar-refractivity contribution in [2.24, 2.45) is 7.05 Å². The van der Waals surface area contributed by atoms with Gasteiger partial charge in [0.15, 0.2) is 28.6 Å². The van der Waals surface area contributed by atoms with Gasteiger partial charge in [0.2, 0.25) is 11.8 Å². The Hall–Kier alpha value is -3.79. The summed E-state index contributed by atoms with van der Waals surface area (Å²) in [5.74, 6) is 2.20. The summed E-state index contributed by atoms with van der Waals surface area (Å²) in [5, 5.41) is 15.8. The number of aryl methyl sites for hydroxylation is 1. The van der Waals surface area contributed by atoms with Crippen molar-refractivity contribution in [2.75, 3.05) is 17.7 Å². The van der Waals surface area contributed by atoms with Gasteiger partial charge in [-0.1, -0.05) is 58.9 Å². The molecule has 1 aliphatic heterocycles. The Balaban J connectivity index is 1.18. The first-order chi connectivity index (χ1) is 16.1. The number of thioether (sulfide) groups is 1. The molecule has 0 fully saturated rings. The summed E-state index contributed by atoms with van der Waals surface area (Å²) in [7, 11) is 1.84. The van der Waals surface area contributed by atoms with E-state index < -0.39 is 0 Å². The molecule has 0 saturated carbocycles. The van der Waals surface area contributed by atoms with Crippen LogP contribution in [0.5, 0.6) is 11.5 Å². The van der Waals surface area contributed by atoms with Crippen LogP contribution >= 0.6 is 11.8 Å². The van der Waals surface area contributed by atoms with Crippen molar-refractivity contribution in [1.82, 2.24) is 19.9 Å². The number of ether oxygens (including phenoxy) is 2. The highest BCUT2D eigenvalue weighted by Gasteiger charge is 2.27. The second-order valence-electron chi connectivity index (χ2n) is 7.54. The molecule has 1 N–H and O–H groups in total. The van der Waals surface area contributed by atoms with Crippen LogP contribution in [-0.2, 0) is 11.8 Å². The third-order valence-electron chi connectivity index (χ3n) is 5.12. The van der Waals surface area contributed by atoms with Gasteiger partial charge in [0.25, 0.3) is 0 Å². The van der Waals surface area contributed by atoms with Crippen molar-refractivity contribution >= 4 is 23.6 Å². The molecule has 2 aromatic carbocycles. The Morgan fingerprint density at radius 2 is 1.94 bits per heavy atom. The predicted octanol–water partition coefficient (Wildman–Crippen LogP) is 4.02. The van der Waals surface area contributed by atoms with Crippen molar-refractivity contribution in [3.8, 4) is 22.8 Å². The number of hydrogen-bond donors (Lipinski definition) is 1. The third kappa shape index (κ3) is 4.56. The minimum absolute atomic E-state index is 0.136. The average Bonchev–Trinajstić information content (AvgIpc) is 3.44. The van der Waals surface area contributed by atoms with Gasteiger partial charge in [-0.15, -0.1) is 10.2 Å². The molecule has 0 saturated heterocycles. The van der Waals surface area contributed by atoms with Gasteiger partial charge in [-0.05, 0) is 19.1 Å². The number of rotatable bonds is 6. The molecule has 168 valence electrons. The average molecular weight is 464 g/mol. The summed E-state index contributed by atoms with van der Waals surface area (Å²) < 4.78 is 18.8. The number of nitrogens with one attached hydrogen (secondary N) is 1. The molecule has 1 atom stereocenters. The van der Waals surface area contributed by atoms with Crippen LogP contribution in [0.2, 0.25) is 0 Å². The number of benzene rings is 2. The van der Waals surface area contributed by atoms with Crippen LogP contribution in [0.3, 0.4) is 0 Å². The number of carbonyl (C=O) groups is 1. The topological polar surface area (TPSA) is 104 Å². The largest absolute Gasteiger partial charge is 0.485 e. The fourth-order valence-corrected chi connectivity index (χ4v) is 4.10. The second kappa shape index (κ2) is 8.99. The number of fused-ring (bicyclic) bond motifs is 1. The number of hydrogen-bond acceptors (Lipinski definition) is 8. The highest BCUT2D eigenvalue weighted by molar-refractivity contribution is 7.99. The van der Waals surface area contributed by atoms with Gasteiger partial charge in [-0.2, -0.15) is 0 Å². The lowest BCUT2D eigenvalue weighted by molar-refractivity contribution is -0.113. The van der Waals surface area contributed by atoms with E-state index in [9.17, 15) is 4.79 Å². The maximum Gasteiger partial charge on any atom is 0.237 e. The molecule has 0 bridgehead atoms. The number of anilines is 1. The Morgan fingerprint density at radius 3 is 2.76 bits per heavy atom. The zero-order valence-electron chi connectivity index (χ0n) is 18.0. The van der Waals surface area contributed by atoms with E-state index >= 15 is 0 Å². The molecule has 9 nitrogen and oxygen atoms in total. The van der Waals surface area contributed by atoms with Gasteiger partial charge in [0.05, 0.1) is 5.75 Å². The van der Waals surface area contributed by atoms with Gasteiger partial charge in [-0.25, -0.2) is 0 Å². The molecule has 33 heavy (non-hydrogen) atoms. The third-order valence-corrected chi connectivity index (χ3v) is 6.14. The maximum atomic E-state index is 12.4.